The summed E-state index contributed by atoms with van der Waals surface area (Å²) in [5, 5.41) is 23.5. The average molecular weight is 388 g/mol. The van der Waals surface area contributed by atoms with Crippen molar-refractivity contribution in [3.63, 3.8) is 0 Å². The van der Waals surface area contributed by atoms with Gasteiger partial charge in [-0.1, -0.05) is 12.1 Å². The maximum absolute atomic E-state index is 13.3. The van der Waals surface area contributed by atoms with Gasteiger partial charge in [-0.25, -0.2) is 4.98 Å². The summed E-state index contributed by atoms with van der Waals surface area (Å²) in [7, 11) is 1.89. The van der Waals surface area contributed by atoms with Crippen LogP contribution in [0.3, 0.4) is 0 Å². The van der Waals surface area contributed by atoms with E-state index in [2.05, 4.69) is 4.98 Å². The van der Waals surface area contributed by atoms with Crippen molar-refractivity contribution < 1.29 is 10.0 Å². The fourth-order valence-corrected chi connectivity index (χ4v) is 4.05. The summed E-state index contributed by atoms with van der Waals surface area (Å²) in [4.78, 5) is 30.5. The second-order valence-electron chi connectivity index (χ2n) is 7.01. The second-order valence-corrected chi connectivity index (χ2v) is 7.01. The molecule has 144 valence electrons. The lowest BCUT2D eigenvalue weighted by atomic mass is 10.0. The van der Waals surface area contributed by atoms with Gasteiger partial charge in [0.15, 0.2) is 0 Å². The van der Waals surface area contributed by atoms with Crippen LogP contribution in [0.1, 0.15) is 0 Å². The molecule has 29 heavy (non-hydrogen) atoms. The Morgan fingerprint density at radius 2 is 1.93 bits per heavy atom. The summed E-state index contributed by atoms with van der Waals surface area (Å²) in [6, 6.07) is 13.8. The van der Waals surface area contributed by atoms with Gasteiger partial charge in [-0.05, 0) is 24.3 Å². The Balaban J connectivity index is 1.95. The molecule has 0 bridgehead atoms. The van der Waals surface area contributed by atoms with Crippen LogP contribution in [0.4, 0.5) is 11.4 Å². The van der Waals surface area contributed by atoms with Crippen LogP contribution >= 0.6 is 0 Å². The topological polar surface area (TPSA) is 101 Å². The van der Waals surface area contributed by atoms with E-state index in [1.54, 1.807) is 12.1 Å². The Labute approximate surface area is 163 Å². The lowest BCUT2D eigenvalue weighted by Gasteiger charge is -2.21. The molecule has 5 rings (SSSR count). The molecule has 0 saturated heterocycles. The van der Waals surface area contributed by atoms with Crippen LogP contribution in [0, 0.1) is 10.1 Å². The predicted molar refractivity (Wildman–Crippen MR) is 112 cm³/mol. The minimum Gasteiger partial charge on any atom is -0.395 e. The Morgan fingerprint density at radius 3 is 2.69 bits per heavy atom. The smallest absolute Gasteiger partial charge is 0.271 e. The summed E-state index contributed by atoms with van der Waals surface area (Å²) in [6.45, 7) is 0.488. The van der Waals surface area contributed by atoms with Crippen molar-refractivity contribution in [3.05, 3.63) is 69.0 Å². The van der Waals surface area contributed by atoms with Gasteiger partial charge in [-0.15, -0.1) is 0 Å². The fraction of sp³-hybridized carbons (Fsp3) is 0.143. The number of hydrogen-bond donors (Lipinski definition) is 1. The van der Waals surface area contributed by atoms with E-state index in [0.717, 1.165) is 21.8 Å². The number of aliphatic hydroxyl groups excluding tert-OH is 1. The number of benzene rings is 3. The largest absolute Gasteiger partial charge is 0.395 e. The number of rotatable bonds is 4. The molecule has 0 atom stereocenters. The van der Waals surface area contributed by atoms with Crippen molar-refractivity contribution in [1.82, 2.24) is 9.38 Å². The molecule has 8 heteroatoms. The molecule has 5 aromatic rings. The molecule has 3 aromatic carbocycles. The first-order valence-corrected chi connectivity index (χ1v) is 9.11. The first-order valence-electron chi connectivity index (χ1n) is 9.11. The highest BCUT2D eigenvalue weighted by molar-refractivity contribution is 6.18. The van der Waals surface area contributed by atoms with Gasteiger partial charge in [0.1, 0.15) is 5.65 Å². The predicted octanol–water partition coefficient (Wildman–Crippen LogP) is 2.93. The Kier molecular flexibility index (Phi) is 3.65. The molecular formula is C21H16N4O4. The fourth-order valence-electron chi connectivity index (χ4n) is 4.05. The number of aliphatic hydroxyl groups is 1. The summed E-state index contributed by atoms with van der Waals surface area (Å²) in [5.74, 6) is 0. The first kappa shape index (κ1) is 17.3. The van der Waals surface area contributed by atoms with Gasteiger partial charge in [0, 0.05) is 53.0 Å². The summed E-state index contributed by atoms with van der Waals surface area (Å²) in [6.07, 6.45) is 0. The van der Waals surface area contributed by atoms with Crippen LogP contribution in [-0.4, -0.2) is 39.6 Å². The van der Waals surface area contributed by atoms with Gasteiger partial charge in [0.25, 0.3) is 11.2 Å². The highest BCUT2D eigenvalue weighted by Gasteiger charge is 2.19. The maximum Gasteiger partial charge on any atom is 0.271 e. The number of non-ortho nitro benzene ring substituents is 1. The van der Waals surface area contributed by atoms with Gasteiger partial charge < -0.3 is 10.0 Å². The zero-order valence-electron chi connectivity index (χ0n) is 15.5. The van der Waals surface area contributed by atoms with Crippen molar-refractivity contribution in [1.29, 1.82) is 0 Å². The van der Waals surface area contributed by atoms with Crippen LogP contribution in [0.15, 0.2) is 53.3 Å². The number of hydrogen-bond acceptors (Lipinski definition) is 6. The third-order valence-corrected chi connectivity index (χ3v) is 5.39. The summed E-state index contributed by atoms with van der Waals surface area (Å²) >= 11 is 0. The SMILES string of the molecule is CN(CCO)c1ccc2c3c1cccc3c(=O)n1c3ccc([N+](=O)[O-])cc3nc21. The molecule has 0 saturated carbocycles. The molecule has 0 unspecified atom stereocenters. The monoisotopic (exact) mass is 388 g/mol. The van der Waals surface area contributed by atoms with Crippen LogP contribution in [-0.2, 0) is 0 Å². The van der Waals surface area contributed by atoms with Crippen molar-refractivity contribution in [2.24, 2.45) is 0 Å². The van der Waals surface area contributed by atoms with Crippen LogP contribution < -0.4 is 10.5 Å². The standard InChI is InChI=1S/C21H16N4O4/c1-23(9-10-26)17-8-6-14-19-13(17)3-2-4-15(19)21(27)24-18-7-5-12(25(28)29)11-16(18)22-20(14)24/h2-8,11,26H,9-10H2,1H3. The number of anilines is 1. The van der Waals surface area contributed by atoms with Gasteiger partial charge in [-0.3, -0.25) is 19.3 Å². The summed E-state index contributed by atoms with van der Waals surface area (Å²) < 4.78 is 1.52. The van der Waals surface area contributed by atoms with Crippen LogP contribution in [0.2, 0.25) is 0 Å². The van der Waals surface area contributed by atoms with Crippen molar-refractivity contribution in [2.45, 2.75) is 0 Å². The lowest BCUT2D eigenvalue weighted by Crippen LogP contribution is -2.21. The highest BCUT2D eigenvalue weighted by atomic mass is 16.6. The third-order valence-electron chi connectivity index (χ3n) is 5.39. The minimum absolute atomic E-state index is 0.0208. The Morgan fingerprint density at radius 1 is 1.14 bits per heavy atom. The third kappa shape index (κ3) is 2.36. The summed E-state index contributed by atoms with van der Waals surface area (Å²) in [5.41, 5.74) is 2.06. The number of fused-ring (bicyclic) bond motifs is 4. The van der Waals surface area contributed by atoms with E-state index in [9.17, 15) is 20.0 Å². The van der Waals surface area contributed by atoms with E-state index in [-0.39, 0.29) is 17.9 Å². The molecule has 1 N–H and O–H groups in total. The molecule has 0 amide bonds. The lowest BCUT2D eigenvalue weighted by molar-refractivity contribution is -0.384. The van der Waals surface area contributed by atoms with E-state index in [1.165, 1.54) is 16.5 Å². The Bertz CT molecular complexity index is 1490. The van der Waals surface area contributed by atoms with Crippen molar-refractivity contribution >= 4 is 49.6 Å². The molecule has 2 aromatic heterocycles. The number of nitrogens with zero attached hydrogens (tertiary/aromatic N) is 4. The Hall–Kier alpha value is -3.78. The van der Waals surface area contributed by atoms with Crippen molar-refractivity contribution in [2.75, 3.05) is 25.1 Å². The van der Waals surface area contributed by atoms with Crippen LogP contribution in [0.25, 0.3) is 38.2 Å². The number of imidazole rings is 1. The van der Waals surface area contributed by atoms with Gasteiger partial charge in [0.05, 0.1) is 22.6 Å². The van der Waals surface area contributed by atoms with E-state index < -0.39 is 4.92 Å². The molecule has 0 spiro atoms. The normalized spacial score (nSPS) is 11.8. The number of nitro groups is 1. The van der Waals surface area contributed by atoms with E-state index >= 15 is 0 Å². The van der Waals surface area contributed by atoms with Gasteiger partial charge in [0.2, 0.25) is 0 Å². The number of nitro benzene ring substituents is 1. The molecule has 0 aliphatic carbocycles. The van der Waals surface area contributed by atoms with Crippen molar-refractivity contribution in [3.8, 4) is 0 Å². The average Bonchev–Trinajstić information content (AvgIpc) is 3.10. The van der Waals surface area contributed by atoms with Gasteiger partial charge in [-0.2, -0.15) is 0 Å². The van der Waals surface area contributed by atoms with E-state index in [1.807, 2.05) is 36.2 Å². The zero-order chi connectivity index (χ0) is 20.3. The molecule has 2 heterocycles. The van der Waals surface area contributed by atoms with Gasteiger partial charge >= 0.3 is 0 Å². The highest BCUT2D eigenvalue weighted by Crippen LogP contribution is 2.35. The molecule has 0 radical (unpaired) electrons. The minimum atomic E-state index is -0.474. The van der Waals surface area contributed by atoms with E-state index in [4.69, 9.17) is 0 Å². The number of aromatic nitrogens is 2. The first-order chi connectivity index (χ1) is 14.0. The van der Waals surface area contributed by atoms with E-state index in [0.29, 0.717) is 28.6 Å². The zero-order valence-corrected chi connectivity index (χ0v) is 15.5. The molecular weight excluding hydrogens is 372 g/mol. The molecule has 8 nitrogen and oxygen atoms in total. The van der Waals surface area contributed by atoms with Crippen LogP contribution in [0.5, 0.6) is 0 Å². The quantitative estimate of drug-likeness (QED) is 0.375. The number of likely N-dealkylation sites (N-methyl/N-ethyl adjacent to an activating group) is 1. The maximum atomic E-state index is 13.3. The molecule has 0 fully saturated rings. The molecule has 0 aliphatic rings. The second kappa shape index (κ2) is 6.11. The number of pyridine rings is 1. The molecule has 0 aliphatic heterocycles.